The zero-order chi connectivity index (χ0) is 14.6. The molecule has 2 aliphatic carbocycles. The number of carbonyl (C=O) groups is 2. The van der Waals surface area contributed by atoms with Gasteiger partial charge in [-0.3, -0.25) is 9.59 Å². The van der Waals surface area contributed by atoms with E-state index in [2.05, 4.69) is 5.32 Å². The van der Waals surface area contributed by atoms with E-state index in [1.165, 1.54) is 0 Å². The number of rotatable bonds is 5. The summed E-state index contributed by atoms with van der Waals surface area (Å²) in [5.74, 6) is -0.909. The molecule has 0 spiro atoms. The molecule has 0 aromatic rings. The fourth-order valence-electron chi connectivity index (χ4n) is 3.78. The Morgan fingerprint density at radius 2 is 1.50 bits per heavy atom. The van der Waals surface area contributed by atoms with E-state index < -0.39 is 11.5 Å². The molecule has 0 bridgehead atoms. The molecule has 0 radical (unpaired) electrons. The van der Waals surface area contributed by atoms with Crippen molar-refractivity contribution < 1.29 is 14.7 Å². The smallest absolute Gasteiger partial charge is 0.305 e. The molecule has 1 amide bonds. The van der Waals surface area contributed by atoms with Crippen molar-refractivity contribution in [3.63, 3.8) is 0 Å². The minimum atomic E-state index is -0.837. The van der Waals surface area contributed by atoms with E-state index in [0.29, 0.717) is 6.42 Å². The SMILES string of the molecule is NC1(CC(=O)NC2(CC(=O)O)CCCCC2)CCCC1. The summed E-state index contributed by atoms with van der Waals surface area (Å²) in [6.45, 7) is 0. The number of carboxylic acids is 1. The molecule has 0 saturated heterocycles. The number of amides is 1. The molecule has 4 N–H and O–H groups in total. The Morgan fingerprint density at radius 3 is 2.05 bits per heavy atom. The van der Waals surface area contributed by atoms with Crippen molar-refractivity contribution in [3.05, 3.63) is 0 Å². The van der Waals surface area contributed by atoms with Crippen LogP contribution in [0, 0.1) is 0 Å². The third-order valence-electron chi connectivity index (χ3n) is 4.82. The van der Waals surface area contributed by atoms with Crippen molar-refractivity contribution >= 4 is 11.9 Å². The van der Waals surface area contributed by atoms with Crippen molar-refractivity contribution in [1.82, 2.24) is 5.32 Å². The number of nitrogens with one attached hydrogen (secondary N) is 1. The van der Waals surface area contributed by atoms with Gasteiger partial charge in [0.05, 0.1) is 12.0 Å². The number of carbonyl (C=O) groups excluding carboxylic acids is 1. The van der Waals surface area contributed by atoms with Crippen LogP contribution in [-0.2, 0) is 9.59 Å². The molecule has 0 atom stereocenters. The van der Waals surface area contributed by atoms with Crippen LogP contribution in [0.1, 0.15) is 70.6 Å². The van der Waals surface area contributed by atoms with Crippen LogP contribution in [0.4, 0.5) is 0 Å². The highest BCUT2D eigenvalue weighted by Gasteiger charge is 2.38. The van der Waals surface area contributed by atoms with Crippen LogP contribution < -0.4 is 11.1 Å². The normalized spacial score (nSPS) is 24.2. The molecular formula is C15H26N2O3. The quantitative estimate of drug-likeness (QED) is 0.718. The first-order chi connectivity index (χ1) is 9.43. The predicted molar refractivity (Wildman–Crippen MR) is 76.2 cm³/mol. The lowest BCUT2D eigenvalue weighted by Gasteiger charge is -2.38. The summed E-state index contributed by atoms with van der Waals surface area (Å²) in [5.41, 5.74) is 5.31. The summed E-state index contributed by atoms with van der Waals surface area (Å²) in [6, 6.07) is 0. The van der Waals surface area contributed by atoms with Crippen LogP contribution in [0.5, 0.6) is 0 Å². The van der Waals surface area contributed by atoms with Gasteiger partial charge in [-0.15, -0.1) is 0 Å². The Balaban J connectivity index is 1.96. The Labute approximate surface area is 120 Å². The minimum Gasteiger partial charge on any atom is -0.481 e. The lowest BCUT2D eigenvalue weighted by molar-refractivity contribution is -0.139. The van der Waals surface area contributed by atoms with Gasteiger partial charge >= 0.3 is 5.97 Å². The molecule has 2 saturated carbocycles. The minimum absolute atomic E-state index is 0.0241. The van der Waals surface area contributed by atoms with Crippen LogP contribution in [0.25, 0.3) is 0 Å². The van der Waals surface area contributed by atoms with Crippen molar-refractivity contribution in [2.75, 3.05) is 0 Å². The summed E-state index contributed by atoms with van der Waals surface area (Å²) in [5, 5.41) is 12.1. The van der Waals surface area contributed by atoms with E-state index in [4.69, 9.17) is 10.8 Å². The van der Waals surface area contributed by atoms with E-state index in [-0.39, 0.29) is 17.9 Å². The third-order valence-corrected chi connectivity index (χ3v) is 4.82. The van der Waals surface area contributed by atoms with E-state index in [1.807, 2.05) is 0 Å². The summed E-state index contributed by atoms with van der Waals surface area (Å²) in [4.78, 5) is 23.4. The maximum atomic E-state index is 12.3. The van der Waals surface area contributed by atoms with Crippen LogP contribution in [0.2, 0.25) is 0 Å². The zero-order valence-electron chi connectivity index (χ0n) is 12.1. The lowest BCUT2D eigenvalue weighted by Crippen LogP contribution is -2.53. The fourth-order valence-corrected chi connectivity index (χ4v) is 3.78. The molecule has 0 aromatic heterocycles. The number of nitrogens with two attached hydrogens (primary N) is 1. The monoisotopic (exact) mass is 282 g/mol. The lowest BCUT2D eigenvalue weighted by atomic mass is 9.79. The van der Waals surface area contributed by atoms with Crippen LogP contribution in [0.15, 0.2) is 0 Å². The summed E-state index contributed by atoms with van der Waals surface area (Å²) in [6.07, 6.45) is 8.95. The van der Waals surface area contributed by atoms with Gasteiger partial charge in [-0.25, -0.2) is 0 Å². The van der Waals surface area contributed by atoms with Gasteiger partial charge in [-0.2, -0.15) is 0 Å². The molecule has 0 aromatic carbocycles. The highest BCUT2D eigenvalue weighted by Crippen LogP contribution is 2.33. The van der Waals surface area contributed by atoms with Gasteiger partial charge in [0, 0.05) is 12.0 Å². The van der Waals surface area contributed by atoms with Gasteiger partial charge < -0.3 is 16.2 Å². The van der Waals surface area contributed by atoms with Crippen LogP contribution in [0.3, 0.4) is 0 Å². The number of hydrogen-bond acceptors (Lipinski definition) is 3. The van der Waals surface area contributed by atoms with Crippen molar-refractivity contribution in [2.45, 2.75) is 81.7 Å². The van der Waals surface area contributed by atoms with Gasteiger partial charge in [0.25, 0.3) is 0 Å². The molecule has 114 valence electrons. The second kappa shape index (κ2) is 6.12. The molecule has 5 nitrogen and oxygen atoms in total. The van der Waals surface area contributed by atoms with Crippen LogP contribution in [-0.4, -0.2) is 28.1 Å². The van der Waals surface area contributed by atoms with Gasteiger partial charge in [-0.1, -0.05) is 32.1 Å². The molecule has 0 unspecified atom stereocenters. The van der Waals surface area contributed by atoms with E-state index in [0.717, 1.165) is 57.8 Å². The Bertz CT molecular complexity index is 369. The van der Waals surface area contributed by atoms with Gasteiger partial charge in [0.2, 0.25) is 5.91 Å². The molecule has 20 heavy (non-hydrogen) atoms. The number of carboxylic acid groups (broad SMARTS) is 1. The standard InChI is InChI=1S/C15H26N2O3/c16-14(6-4-5-7-14)10-12(18)17-15(11-13(19)20)8-2-1-3-9-15/h1-11,16H2,(H,17,18)(H,19,20). The average molecular weight is 282 g/mol. The average Bonchev–Trinajstić information content (AvgIpc) is 2.75. The second-order valence-electron chi connectivity index (χ2n) is 6.71. The molecule has 0 aliphatic heterocycles. The predicted octanol–water partition coefficient (Wildman–Crippen LogP) is 1.94. The maximum Gasteiger partial charge on any atom is 0.305 e. The fraction of sp³-hybridized carbons (Fsp3) is 0.867. The number of hydrogen-bond donors (Lipinski definition) is 3. The largest absolute Gasteiger partial charge is 0.481 e. The van der Waals surface area contributed by atoms with E-state index >= 15 is 0 Å². The highest BCUT2D eigenvalue weighted by molar-refractivity contribution is 5.79. The topological polar surface area (TPSA) is 92.4 Å². The summed E-state index contributed by atoms with van der Waals surface area (Å²) < 4.78 is 0. The second-order valence-corrected chi connectivity index (χ2v) is 6.71. The molecule has 2 rings (SSSR count). The first-order valence-corrected chi connectivity index (χ1v) is 7.75. The van der Waals surface area contributed by atoms with Gasteiger partial charge in [0.15, 0.2) is 0 Å². The molecular weight excluding hydrogens is 256 g/mol. The molecule has 0 heterocycles. The molecule has 2 fully saturated rings. The van der Waals surface area contributed by atoms with Crippen molar-refractivity contribution in [2.24, 2.45) is 5.73 Å². The third kappa shape index (κ3) is 3.95. The van der Waals surface area contributed by atoms with Crippen molar-refractivity contribution in [3.8, 4) is 0 Å². The van der Waals surface area contributed by atoms with Gasteiger partial charge in [-0.05, 0) is 25.7 Å². The zero-order valence-corrected chi connectivity index (χ0v) is 12.1. The Morgan fingerprint density at radius 1 is 0.950 bits per heavy atom. The Kier molecular flexibility index (Phi) is 4.68. The van der Waals surface area contributed by atoms with Gasteiger partial charge in [0.1, 0.15) is 0 Å². The molecule has 5 heteroatoms. The van der Waals surface area contributed by atoms with Crippen molar-refractivity contribution in [1.29, 1.82) is 0 Å². The summed E-state index contributed by atoms with van der Waals surface area (Å²) >= 11 is 0. The maximum absolute atomic E-state index is 12.3. The van der Waals surface area contributed by atoms with Crippen LogP contribution >= 0.6 is 0 Å². The molecule has 2 aliphatic rings. The first kappa shape index (κ1) is 15.3. The Hall–Kier alpha value is -1.10. The van der Waals surface area contributed by atoms with E-state index in [1.54, 1.807) is 0 Å². The number of aliphatic carboxylic acids is 1. The first-order valence-electron chi connectivity index (χ1n) is 7.75. The summed E-state index contributed by atoms with van der Waals surface area (Å²) in [7, 11) is 0. The van der Waals surface area contributed by atoms with E-state index in [9.17, 15) is 9.59 Å². The highest BCUT2D eigenvalue weighted by atomic mass is 16.4.